The number of hydrogen-bond acceptors (Lipinski definition) is 6. The van der Waals surface area contributed by atoms with E-state index in [1.165, 1.54) is 42.5 Å². The van der Waals surface area contributed by atoms with Gasteiger partial charge < -0.3 is 9.90 Å². The quantitative estimate of drug-likeness (QED) is 0.599. The zero-order chi connectivity index (χ0) is 17.7. The molecule has 0 fully saturated rings. The van der Waals surface area contributed by atoms with Gasteiger partial charge in [0.2, 0.25) is 0 Å². The lowest BCUT2D eigenvalue weighted by Gasteiger charge is -2.11. The molecule has 0 radical (unpaired) electrons. The summed E-state index contributed by atoms with van der Waals surface area (Å²) >= 11 is 0. The molecule has 9 nitrogen and oxygen atoms in total. The highest BCUT2D eigenvalue weighted by molar-refractivity contribution is 6.05. The molecule has 0 aromatic heterocycles. The van der Waals surface area contributed by atoms with Crippen molar-refractivity contribution in [2.75, 3.05) is 0 Å². The molecule has 0 heterocycles. The van der Waals surface area contributed by atoms with Crippen molar-refractivity contribution < 1.29 is 24.4 Å². The van der Waals surface area contributed by atoms with Crippen molar-refractivity contribution >= 4 is 23.5 Å². The molecule has 2 N–H and O–H groups in total. The predicted octanol–water partition coefficient (Wildman–Crippen LogP) is 0.0331. The summed E-state index contributed by atoms with van der Waals surface area (Å²) in [5, 5.41) is 21.6. The molecule has 24 heavy (non-hydrogen) atoms. The normalized spacial score (nSPS) is 9.83. The second kappa shape index (κ2) is 7.01. The minimum Gasteiger partial charge on any atom is -0.545 e. The molecule has 0 aliphatic heterocycles. The van der Waals surface area contributed by atoms with Crippen molar-refractivity contribution in [2.45, 2.75) is 0 Å². The summed E-state index contributed by atoms with van der Waals surface area (Å²) in [6.07, 6.45) is 0. The molecule has 0 aliphatic carbocycles. The van der Waals surface area contributed by atoms with E-state index in [0.717, 1.165) is 6.07 Å². The van der Waals surface area contributed by atoms with E-state index in [4.69, 9.17) is 0 Å². The van der Waals surface area contributed by atoms with E-state index in [2.05, 4.69) is 5.43 Å². The van der Waals surface area contributed by atoms with Crippen LogP contribution in [-0.4, -0.2) is 22.7 Å². The summed E-state index contributed by atoms with van der Waals surface area (Å²) < 4.78 is 0. The number of hydrazine groups is 1. The standard InChI is InChI=1S/C15H11N3O6/c19-13(9-4-3-5-10(8-9)18(23)24)16-17-14(20)11-6-1-2-7-12(11)15(21)22/h1-8H,(H,16,19)(H,17,20)(H,21,22)/p-1. The Balaban J connectivity index is 2.09. The van der Waals surface area contributed by atoms with Crippen LogP contribution in [0.3, 0.4) is 0 Å². The van der Waals surface area contributed by atoms with Crippen LogP contribution in [-0.2, 0) is 0 Å². The van der Waals surface area contributed by atoms with Gasteiger partial charge in [-0.2, -0.15) is 0 Å². The molecule has 2 aromatic carbocycles. The lowest BCUT2D eigenvalue weighted by atomic mass is 10.1. The first-order valence-electron chi connectivity index (χ1n) is 6.55. The summed E-state index contributed by atoms with van der Waals surface area (Å²) in [4.78, 5) is 44.8. The van der Waals surface area contributed by atoms with Crippen molar-refractivity contribution in [3.8, 4) is 0 Å². The summed E-state index contributed by atoms with van der Waals surface area (Å²) in [5.74, 6) is -3.20. The molecule has 0 bridgehead atoms. The van der Waals surface area contributed by atoms with Gasteiger partial charge in [0, 0.05) is 23.3 Å². The monoisotopic (exact) mass is 328 g/mol. The Morgan fingerprint density at radius 3 is 2.12 bits per heavy atom. The first-order chi connectivity index (χ1) is 11.4. The van der Waals surface area contributed by atoms with Crippen LogP contribution < -0.4 is 16.0 Å². The van der Waals surface area contributed by atoms with Gasteiger partial charge in [-0.25, -0.2) is 0 Å². The van der Waals surface area contributed by atoms with Crippen LogP contribution in [0.2, 0.25) is 0 Å². The molecule has 2 rings (SSSR count). The number of hydrogen-bond donors (Lipinski definition) is 2. The predicted molar refractivity (Wildman–Crippen MR) is 78.8 cm³/mol. The molecule has 2 aromatic rings. The first-order valence-corrected chi connectivity index (χ1v) is 6.55. The minimum absolute atomic E-state index is 0.0438. The van der Waals surface area contributed by atoms with Crippen LogP contribution in [0.5, 0.6) is 0 Å². The molecule has 0 aliphatic rings. The minimum atomic E-state index is -1.54. The second-order valence-corrected chi connectivity index (χ2v) is 4.55. The molecule has 0 saturated heterocycles. The number of carbonyl (C=O) groups is 3. The number of nitro benzene ring substituents is 1. The number of benzene rings is 2. The SMILES string of the molecule is O=C(NNC(=O)c1ccccc1C(=O)[O-])c1cccc([N+](=O)[O-])c1. The highest BCUT2D eigenvalue weighted by atomic mass is 16.6. The fourth-order valence-electron chi connectivity index (χ4n) is 1.87. The van der Waals surface area contributed by atoms with Crippen molar-refractivity contribution in [2.24, 2.45) is 0 Å². The fourth-order valence-corrected chi connectivity index (χ4v) is 1.87. The average Bonchev–Trinajstić information content (AvgIpc) is 2.59. The summed E-state index contributed by atoms with van der Waals surface area (Å²) in [6.45, 7) is 0. The molecule has 2 amide bonds. The Hall–Kier alpha value is -3.75. The van der Waals surface area contributed by atoms with Gasteiger partial charge in [-0.1, -0.05) is 24.3 Å². The van der Waals surface area contributed by atoms with Crippen LogP contribution in [0, 0.1) is 10.1 Å². The number of carbonyl (C=O) groups excluding carboxylic acids is 3. The van der Waals surface area contributed by atoms with Crippen molar-refractivity contribution in [3.05, 3.63) is 75.3 Å². The third kappa shape index (κ3) is 3.71. The zero-order valence-corrected chi connectivity index (χ0v) is 12.0. The van der Waals surface area contributed by atoms with Gasteiger partial charge in [0.25, 0.3) is 17.5 Å². The van der Waals surface area contributed by atoms with Gasteiger partial charge in [0.1, 0.15) is 0 Å². The van der Waals surface area contributed by atoms with Crippen LogP contribution in [0.4, 0.5) is 5.69 Å². The largest absolute Gasteiger partial charge is 0.545 e. The van der Waals surface area contributed by atoms with E-state index in [1.54, 1.807) is 0 Å². The summed E-state index contributed by atoms with van der Waals surface area (Å²) in [5.41, 5.74) is 3.24. The molecule has 0 unspecified atom stereocenters. The lowest BCUT2D eigenvalue weighted by molar-refractivity contribution is -0.384. The molecular formula is C15H10N3O6-. The van der Waals surface area contributed by atoms with Gasteiger partial charge in [0.05, 0.1) is 16.5 Å². The van der Waals surface area contributed by atoms with E-state index in [9.17, 15) is 29.6 Å². The topological polar surface area (TPSA) is 141 Å². The number of carboxylic acid groups (broad SMARTS) is 1. The van der Waals surface area contributed by atoms with Crippen LogP contribution >= 0.6 is 0 Å². The number of amides is 2. The maximum atomic E-state index is 12.0. The van der Waals surface area contributed by atoms with Gasteiger partial charge in [0.15, 0.2) is 0 Å². The number of nitrogens with one attached hydrogen (secondary N) is 2. The number of aromatic carboxylic acids is 1. The Morgan fingerprint density at radius 1 is 0.875 bits per heavy atom. The first kappa shape index (κ1) is 16.6. The average molecular weight is 328 g/mol. The smallest absolute Gasteiger partial charge is 0.270 e. The summed E-state index contributed by atoms with van der Waals surface area (Å²) in [6, 6.07) is 10.2. The van der Waals surface area contributed by atoms with E-state index >= 15 is 0 Å². The number of rotatable bonds is 4. The Kier molecular flexibility index (Phi) is 4.85. The van der Waals surface area contributed by atoms with Gasteiger partial charge >= 0.3 is 0 Å². The van der Waals surface area contributed by atoms with Crippen molar-refractivity contribution in [3.63, 3.8) is 0 Å². The Labute approximate surface area is 135 Å². The van der Waals surface area contributed by atoms with E-state index in [0.29, 0.717) is 0 Å². The van der Waals surface area contributed by atoms with Gasteiger partial charge in [-0.15, -0.1) is 0 Å². The second-order valence-electron chi connectivity index (χ2n) is 4.55. The van der Waals surface area contributed by atoms with Gasteiger partial charge in [-0.05, 0) is 12.1 Å². The molecule has 9 heteroatoms. The maximum Gasteiger partial charge on any atom is 0.270 e. The van der Waals surface area contributed by atoms with E-state index in [1.807, 2.05) is 5.43 Å². The molecule has 122 valence electrons. The fraction of sp³-hybridized carbons (Fsp3) is 0. The molecule has 0 spiro atoms. The van der Waals surface area contributed by atoms with Crippen LogP contribution in [0.25, 0.3) is 0 Å². The van der Waals surface area contributed by atoms with Crippen molar-refractivity contribution in [1.82, 2.24) is 10.9 Å². The highest BCUT2D eigenvalue weighted by Gasteiger charge is 2.14. The Morgan fingerprint density at radius 2 is 1.50 bits per heavy atom. The number of non-ortho nitro benzene ring substituents is 1. The van der Waals surface area contributed by atoms with E-state index < -0.39 is 22.7 Å². The highest BCUT2D eigenvalue weighted by Crippen LogP contribution is 2.13. The van der Waals surface area contributed by atoms with Crippen molar-refractivity contribution in [1.29, 1.82) is 0 Å². The maximum absolute atomic E-state index is 12.0. The summed E-state index contributed by atoms with van der Waals surface area (Å²) in [7, 11) is 0. The third-order valence-corrected chi connectivity index (χ3v) is 3.00. The zero-order valence-electron chi connectivity index (χ0n) is 12.0. The third-order valence-electron chi connectivity index (χ3n) is 3.00. The van der Waals surface area contributed by atoms with Crippen LogP contribution in [0.1, 0.15) is 31.1 Å². The number of carboxylic acids is 1. The molecule has 0 atom stereocenters. The Bertz CT molecular complexity index is 833. The lowest BCUT2D eigenvalue weighted by Crippen LogP contribution is -2.42. The van der Waals surface area contributed by atoms with E-state index in [-0.39, 0.29) is 22.4 Å². The molecular weight excluding hydrogens is 318 g/mol. The van der Waals surface area contributed by atoms with Crippen LogP contribution in [0.15, 0.2) is 48.5 Å². The molecule has 0 saturated carbocycles. The number of nitrogens with zero attached hydrogens (tertiary/aromatic N) is 1. The van der Waals surface area contributed by atoms with Gasteiger partial charge in [-0.3, -0.25) is 30.6 Å². The number of nitro groups is 1.